The van der Waals surface area contributed by atoms with E-state index in [1.165, 1.54) is 6.20 Å². The zero-order valence-electron chi connectivity index (χ0n) is 7.18. The largest absolute Gasteiger partial charge is 0.481 e. The van der Waals surface area contributed by atoms with E-state index in [0.717, 1.165) is 0 Å². The summed E-state index contributed by atoms with van der Waals surface area (Å²) >= 11 is 4.80. The molecule has 1 N–H and O–H groups in total. The quantitative estimate of drug-likeness (QED) is 0.806. The van der Waals surface area contributed by atoms with E-state index in [1.807, 2.05) is 0 Å². The second-order valence-electron chi connectivity index (χ2n) is 2.65. The van der Waals surface area contributed by atoms with Crippen molar-refractivity contribution >= 4 is 44.5 Å². The number of carboxylic acid groups (broad SMARTS) is 1. The molecule has 0 bridgehead atoms. The molecular weight excluding hydrogens is 387 g/mol. The topological polar surface area (TPSA) is 50.2 Å². The molecule has 1 heterocycles. The van der Waals surface area contributed by atoms with E-state index in [1.54, 1.807) is 22.6 Å². The number of hydrogen-bond acceptors (Lipinski definition) is 2. The van der Waals surface area contributed by atoms with Crippen molar-refractivity contribution in [1.29, 1.82) is 0 Å². The number of pyridine rings is 1. The third-order valence-electron chi connectivity index (χ3n) is 1.63. The van der Waals surface area contributed by atoms with Crippen molar-refractivity contribution in [3.05, 3.63) is 25.5 Å². The van der Waals surface area contributed by atoms with Gasteiger partial charge in [-0.2, -0.15) is 0 Å². The zero-order chi connectivity index (χ0) is 11.6. The Morgan fingerprint density at radius 2 is 2.27 bits per heavy atom. The van der Waals surface area contributed by atoms with Gasteiger partial charge in [-0.15, -0.1) is 0 Å². The highest BCUT2D eigenvalue weighted by atomic mass is 127. The van der Waals surface area contributed by atoms with Crippen LogP contribution in [0.3, 0.4) is 0 Å². The van der Waals surface area contributed by atoms with Crippen LogP contribution < -0.4 is 0 Å². The summed E-state index contributed by atoms with van der Waals surface area (Å²) in [6.45, 7) is 0. The van der Waals surface area contributed by atoms with Crippen LogP contribution in [0, 0.1) is 3.57 Å². The summed E-state index contributed by atoms with van der Waals surface area (Å²) in [7, 11) is 0. The fourth-order valence-electron chi connectivity index (χ4n) is 1.02. The monoisotopic (exact) mass is 391 g/mol. The van der Waals surface area contributed by atoms with E-state index in [-0.39, 0.29) is 11.3 Å². The number of rotatable bonds is 3. The number of alkyl halides is 2. The lowest BCUT2D eigenvalue weighted by Gasteiger charge is -2.09. The first kappa shape index (κ1) is 12.8. The summed E-state index contributed by atoms with van der Waals surface area (Å²) in [5.74, 6) is -1.18. The summed E-state index contributed by atoms with van der Waals surface area (Å²) < 4.78 is 26.1. The van der Waals surface area contributed by atoms with Crippen molar-refractivity contribution in [2.75, 3.05) is 0 Å². The molecule has 1 rings (SSSR count). The number of hydrogen-bond donors (Lipinski definition) is 1. The van der Waals surface area contributed by atoms with Crippen LogP contribution in [0.15, 0.2) is 10.7 Å². The molecule has 0 saturated carbocycles. The maximum absolute atomic E-state index is 12.7. The van der Waals surface area contributed by atoms with Crippen LogP contribution >= 0.6 is 38.5 Å². The Kier molecular flexibility index (Phi) is 4.38. The molecule has 0 amide bonds. The molecule has 3 nitrogen and oxygen atoms in total. The van der Waals surface area contributed by atoms with E-state index in [9.17, 15) is 13.6 Å². The molecular formula is C8H5BrF2INO2. The third-order valence-corrected chi connectivity index (χ3v) is 4.13. The molecule has 0 unspecified atom stereocenters. The number of carbonyl (C=O) groups is 1. The van der Waals surface area contributed by atoms with Gasteiger partial charge in [0, 0.05) is 14.2 Å². The smallest absolute Gasteiger partial charge is 0.309 e. The molecule has 0 aliphatic heterocycles. The van der Waals surface area contributed by atoms with Gasteiger partial charge in [-0.3, -0.25) is 9.78 Å². The zero-order valence-corrected chi connectivity index (χ0v) is 10.9. The highest BCUT2D eigenvalue weighted by Crippen LogP contribution is 2.31. The van der Waals surface area contributed by atoms with Crippen LogP contribution in [0.25, 0.3) is 0 Å². The average Bonchev–Trinajstić information content (AvgIpc) is 2.10. The van der Waals surface area contributed by atoms with Gasteiger partial charge in [0.1, 0.15) is 0 Å². The van der Waals surface area contributed by atoms with E-state index in [0.29, 0.717) is 8.04 Å². The van der Waals surface area contributed by atoms with Crippen molar-refractivity contribution in [3.63, 3.8) is 0 Å². The Balaban J connectivity index is 3.26. The maximum atomic E-state index is 12.7. The lowest BCUT2D eigenvalue weighted by molar-refractivity contribution is -0.136. The lowest BCUT2D eigenvalue weighted by atomic mass is 10.1. The SMILES string of the molecule is O=C(O)Cc1ncc(Br)c(I)c1C(F)F. The molecule has 0 aromatic carbocycles. The van der Waals surface area contributed by atoms with Crippen LogP contribution in [-0.4, -0.2) is 16.1 Å². The minimum absolute atomic E-state index is 0.0925. The van der Waals surface area contributed by atoms with Crippen LogP contribution in [0.1, 0.15) is 17.7 Å². The molecule has 0 radical (unpaired) electrons. The molecule has 1 aromatic rings. The van der Waals surface area contributed by atoms with Crippen LogP contribution in [0.5, 0.6) is 0 Å². The van der Waals surface area contributed by atoms with E-state index in [4.69, 9.17) is 5.11 Å². The molecule has 0 saturated heterocycles. The molecule has 0 fully saturated rings. The first-order valence-corrected chi connectivity index (χ1v) is 5.63. The van der Waals surface area contributed by atoms with E-state index >= 15 is 0 Å². The second-order valence-corrected chi connectivity index (χ2v) is 4.58. The van der Waals surface area contributed by atoms with Gasteiger partial charge < -0.3 is 5.11 Å². The third kappa shape index (κ3) is 3.07. The van der Waals surface area contributed by atoms with Crippen LogP contribution in [0.2, 0.25) is 0 Å². The fraction of sp³-hybridized carbons (Fsp3) is 0.250. The van der Waals surface area contributed by atoms with Crippen molar-refractivity contribution < 1.29 is 18.7 Å². The van der Waals surface area contributed by atoms with E-state index in [2.05, 4.69) is 20.9 Å². The highest BCUT2D eigenvalue weighted by Gasteiger charge is 2.21. The molecule has 0 aliphatic rings. The Hall–Kier alpha value is -0.310. The van der Waals surface area contributed by atoms with Gasteiger partial charge in [-0.25, -0.2) is 8.78 Å². The van der Waals surface area contributed by atoms with Gasteiger partial charge in [0.05, 0.1) is 17.7 Å². The van der Waals surface area contributed by atoms with Gasteiger partial charge in [0.15, 0.2) is 0 Å². The Bertz CT molecular complexity index is 400. The summed E-state index contributed by atoms with van der Waals surface area (Å²) in [5.41, 5.74) is -0.405. The molecule has 0 atom stereocenters. The van der Waals surface area contributed by atoms with Crippen molar-refractivity contribution in [1.82, 2.24) is 4.98 Å². The predicted molar refractivity (Wildman–Crippen MR) is 61.0 cm³/mol. The van der Waals surface area contributed by atoms with Crippen LogP contribution in [0.4, 0.5) is 8.78 Å². The number of aromatic nitrogens is 1. The Morgan fingerprint density at radius 3 is 2.73 bits per heavy atom. The van der Waals surface area contributed by atoms with Crippen molar-refractivity contribution in [2.24, 2.45) is 0 Å². The van der Waals surface area contributed by atoms with Gasteiger partial charge in [-0.1, -0.05) is 0 Å². The lowest BCUT2D eigenvalue weighted by Crippen LogP contribution is -2.08. The molecule has 82 valence electrons. The summed E-state index contributed by atoms with van der Waals surface area (Å²) in [5, 5.41) is 8.53. The standard InChI is InChI=1S/C8H5BrF2INO2/c9-3-2-13-4(1-5(14)15)6(7(3)12)8(10)11/h2,8H,1H2,(H,14,15). The number of carboxylic acids is 1. The van der Waals surface area contributed by atoms with Gasteiger partial charge in [-0.05, 0) is 38.5 Å². The maximum Gasteiger partial charge on any atom is 0.309 e. The molecule has 15 heavy (non-hydrogen) atoms. The Morgan fingerprint density at radius 1 is 1.67 bits per heavy atom. The fourth-order valence-corrected chi connectivity index (χ4v) is 2.02. The minimum atomic E-state index is -2.73. The first-order valence-electron chi connectivity index (χ1n) is 3.76. The normalized spacial score (nSPS) is 10.7. The highest BCUT2D eigenvalue weighted by molar-refractivity contribution is 14.1. The predicted octanol–water partition coefficient (Wildman–Crippen LogP) is 3.01. The van der Waals surface area contributed by atoms with Crippen molar-refractivity contribution in [2.45, 2.75) is 12.8 Å². The second kappa shape index (κ2) is 5.15. The minimum Gasteiger partial charge on any atom is -0.481 e. The van der Waals surface area contributed by atoms with Gasteiger partial charge in [0.25, 0.3) is 6.43 Å². The molecule has 0 spiro atoms. The first-order chi connectivity index (χ1) is 6.93. The summed E-state index contributed by atoms with van der Waals surface area (Å²) in [6, 6.07) is 0. The van der Waals surface area contributed by atoms with Crippen LogP contribution in [-0.2, 0) is 11.2 Å². The van der Waals surface area contributed by atoms with Gasteiger partial charge in [0.2, 0.25) is 0 Å². The van der Waals surface area contributed by atoms with Crippen molar-refractivity contribution in [3.8, 4) is 0 Å². The van der Waals surface area contributed by atoms with Gasteiger partial charge >= 0.3 is 5.97 Å². The molecule has 0 aliphatic carbocycles. The van der Waals surface area contributed by atoms with E-state index < -0.39 is 18.8 Å². The summed E-state index contributed by atoms with van der Waals surface area (Å²) in [4.78, 5) is 14.1. The molecule has 1 aromatic heterocycles. The number of aliphatic carboxylic acids is 1. The average molecular weight is 392 g/mol. The number of halogens is 4. The Labute approximate surface area is 106 Å². The molecule has 7 heteroatoms. The number of nitrogens with zero attached hydrogens (tertiary/aromatic N) is 1. The summed E-state index contributed by atoms with van der Waals surface area (Å²) in [6.07, 6.45) is -1.90.